The Labute approximate surface area is 153 Å². The van der Waals surface area contributed by atoms with Crippen LogP contribution in [-0.4, -0.2) is 14.8 Å². The highest BCUT2D eigenvalue weighted by atomic mass is 79.9. The number of hydrogen-bond donors (Lipinski definition) is 1. The predicted octanol–water partition coefficient (Wildman–Crippen LogP) is 5.44. The molecule has 24 heavy (non-hydrogen) atoms. The standard InChI is InChI=1S/C19H14BrN3S/c20-15-8-10-16(11-9-15)23-18(21-22-19(23)24)12-14-6-3-5-13-4-1-2-7-17(13)14/h1-11H,12H2,(H,22,24). The van der Waals surface area contributed by atoms with E-state index in [2.05, 4.69) is 68.6 Å². The molecule has 0 aliphatic carbocycles. The Morgan fingerprint density at radius 3 is 2.54 bits per heavy atom. The maximum Gasteiger partial charge on any atom is 0.199 e. The monoisotopic (exact) mass is 395 g/mol. The third-order valence-corrected chi connectivity index (χ3v) is 4.86. The normalized spacial score (nSPS) is 11.0. The molecule has 0 radical (unpaired) electrons. The summed E-state index contributed by atoms with van der Waals surface area (Å²) >= 11 is 8.90. The molecular weight excluding hydrogens is 382 g/mol. The van der Waals surface area contributed by atoms with Gasteiger partial charge < -0.3 is 0 Å². The second-order valence-corrected chi connectivity index (χ2v) is 6.87. The zero-order chi connectivity index (χ0) is 16.5. The van der Waals surface area contributed by atoms with Crippen LogP contribution >= 0.6 is 28.1 Å². The maximum atomic E-state index is 5.43. The van der Waals surface area contributed by atoms with Gasteiger partial charge in [0, 0.05) is 16.6 Å². The Morgan fingerprint density at radius 1 is 0.958 bits per heavy atom. The lowest BCUT2D eigenvalue weighted by atomic mass is 10.0. The smallest absolute Gasteiger partial charge is 0.199 e. The first-order chi connectivity index (χ1) is 11.7. The molecule has 0 saturated carbocycles. The van der Waals surface area contributed by atoms with E-state index in [4.69, 9.17) is 12.2 Å². The minimum absolute atomic E-state index is 0.604. The molecule has 4 aromatic rings. The van der Waals surface area contributed by atoms with E-state index in [9.17, 15) is 0 Å². The van der Waals surface area contributed by atoms with Crippen LogP contribution in [0.1, 0.15) is 11.4 Å². The number of nitrogens with zero attached hydrogens (tertiary/aromatic N) is 2. The molecule has 0 unspecified atom stereocenters. The minimum Gasteiger partial charge on any atom is -0.272 e. The number of halogens is 1. The molecule has 1 heterocycles. The van der Waals surface area contributed by atoms with Gasteiger partial charge in [0.25, 0.3) is 0 Å². The van der Waals surface area contributed by atoms with E-state index in [0.29, 0.717) is 11.2 Å². The largest absolute Gasteiger partial charge is 0.272 e. The van der Waals surface area contributed by atoms with E-state index < -0.39 is 0 Å². The molecule has 118 valence electrons. The Bertz CT molecular complexity index is 1060. The van der Waals surface area contributed by atoms with Gasteiger partial charge in [-0.3, -0.25) is 9.67 Å². The van der Waals surface area contributed by atoms with Gasteiger partial charge in [0.15, 0.2) is 4.77 Å². The minimum atomic E-state index is 0.604. The first kappa shape index (κ1) is 15.3. The molecule has 1 N–H and O–H groups in total. The summed E-state index contributed by atoms with van der Waals surface area (Å²) in [6.45, 7) is 0. The Hall–Kier alpha value is -2.24. The molecule has 0 fully saturated rings. The average Bonchev–Trinajstić information content (AvgIpc) is 2.97. The van der Waals surface area contributed by atoms with Crippen molar-refractivity contribution in [1.29, 1.82) is 0 Å². The van der Waals surface area contributed by atoms with Crippen LogP contribution in [0.15, 0.2) is 71.2 Å². The number of aromatic nitrogens is 3. The van der Waals surface area contributed by atoms with Crippen LogP contribution in [0, 0.1) is 4.77 Å². The third kappa shape index (κ3) is 2.81. The molecule has 0 saturated heterocycles. The van der Waals surface area contributed by atoms with Crippen molar-refractivity contribution in [3.05, 3.63) is 87.4 Å². The molecule has 3 aromatic carbocycles. The molecule has 0 aliphatic rings. The number of H-pyrrole nitrogens is 1. The highest BCUT2D eigenvalue weighted by Crippen LogP contribution is 2.22. The highest BCUT2D eigenvalue weighted by Gasteiger charge is 2.11. The lowest BCUT2D eigenvalue weighted by Gasteiger charge is -2.09. The molecule has 0 atom stereocenters. The van der Waals surface area contributed by atoms with Crippen LogP contribution in [-0.2, 0) is 6.42 Å². The van der Waals surface area contributed by atoms with Gasteiger partial charge in [-0.25, -0.2) is 0 Å². The number of benzene rings is 3. The number of rotatable bonds is 3. The van der Waals surface area contributed by atoms with Crippen molar-refractivity contribution in [2.45, 2.75) is 6.42 Å². The van der Waals surface area contributed by atoms with Gasteiger partial charge in [-0.2, -0.15) is 5.10 Å². The summed E-state index contributed by atoms with van der Waals surface area (Å²) in [4.78, 5) is 0. The van der Waals surface area contributed by atoms with Crippen LogP contribution in [0.2, 0.25) is 0 Å². The number of aromatic amines is 1. The zero-order valence-electron chi connectivity index (χ0n) is 12.7. The van der Waals surface area contributed by atoms with Crippen molar-refractivity contribution in [3.63, 3.8) is 0 Å². The molecule has 0 spiro atoms. The lowest BCUT2D eigenvalue weighted by molar-refractivity contribution is 0.906. The zero-order valence-corrected chi connectivity index (χ0v) is 15.1. The second kappa shape index (κ2) is 6.34. The van der Waals surface area contributed by atoms with Crippen LogP contribution in [0.3, 0.4) is 0 Å². The molecule has 5 heteroatoms. The van der Waals surface area contributed by atoms with Crippen LogP contribution < -0.4 is 0 Å². The maximum absolute atomic E-state index is 5.43. The van der Waals surface area contributed by atoms with Crippen molar-refractivity contribution < 1.29 is 0 Å². The van der Waals surface area contributed by atoms with Crippen LogP contribution in [0.25, 0.3) is 16.5 Å². The van der Waals surface area contributed by atoms with Crippen molar-refractivity contribution in [3.8, 4) is 5.69 Å². The number of nitrogens with one attached hydrogen (secondary N) is 1. The van der Waals surface area contributed by atoms with Gasteiger partial charge in [0.1, 0.15) is 5.82 Å². The fraction of sp³-hybridized carbons (Fsp3) is 0.0526. The summed E-state index contributed by atoms with van der Waals surface area (Å²) in [5.41, 5.74) is 2.24. The van der Waals surface area contributed by atoms with Gasteiger partial charge in [-0.15, -0.1) is 0 Å². The van der Waals surface area contributed by atoms with E-state index >= 15 is 0 Å². The number of fused-ring (bicyclic) bond motifs is 1. The summed E-state index contributed by atoms with van der Waals surface area (Å²) in [6, 6.07) is 22.8. The van der Waals surface area contributed by atoms with Crippen molar-refractivity contribution in [2.24, 2.45) is 0 Å². The molecule has 0 amide bonds. The Kier molecular flexibility index (Phi) is 4.04. The van der Waals surface area contributed by atoms with Crippen molar-refractivity contribution in [1.82, 2.24) is 14.8 Å². The van der Waals surface area contributed by atoms with Gasteiger partial charge >= 0.3 is 0 Å². The van der Waals surface area contributed by atoms with E-state index in [1.807, 2.05) is 28.8 Å². The molecule has 0 aliphatic heterocycles. The first-order valence-corrected chi connectivity index (χ1v) is 8.81. The molecular formula is C19H14BrN3S. The second-order valence-electron chi connectivity index (χ2n) is 5.57. The Balaban J connectivity index is 1.81. The molecule has 4 rings (SSSR count). The quantitative estimate of drug-likeness (QED) is 0.468. The summed E-state index contributed by atoms with van der Waals surface area (Å²) in [5.74, 6) is 0.902. The van der Waals surface area contributed by atoms with Gasteiger partial charge in [-0.1, -0.05) is 58.4 Å². The lowest BCUT2D eigenvalue weighted by Crippen LogP contribution is -2.03. The van der Waals surface area contributed by atoms with Crippen molar-refractivity contribution >= 4 is 38.9 Å². The first-order valence-electron chi connectivity index (χ1n) is 7.61. The van der Waals surface area contributed by atoms with E-state index in [1.54, 1.807) is 0 Å². The third-order valence-electron chi connectivity index (χ3n) is 4.06. The Morgan fingerprint density at radius 2 is 1.71 bits per heavy atom. The van der Waals surface area contributed by atoms with Gasteiger partial charge in [0.2, 0.25) is 0 Å². The number of hydrogen-bond acceptors (Lipinski definition) is 2. The van der Waals surface area contributed by atoms with Gasteiger partial charge in [-0.05, 0) is 52.8 Å². The fourth-order valence-electron chi connectivity index (χ4n) is 2.92. The average molecular weight is 396 g/mol. The van der Waals surface area contributed by atoms with E-state index in [1.165, 1.54) is 16.3 Å². The predicted molar refractivity (Wildman–Crippen MR) is 103 cm³/mol. The van der Waals surface area contributed by atoms with Crippen LogP contribution in [0.4, 0.5) is 0 Å². The molecule has 1 aromatic heterocycles. The van der Waals surface area contributed by atoms with E-state index in [0.717, 1.165) is 16.0 Å². The topological polar surface area (TPSA) is 33.6 Å². The summed E-state index contributed by atoms with van der Waals surface area (Å²) in [6.07, 6.45) is 0.713. The van der Waals surface area contributed by atoms with Gasteiger partial charge in [0.05, 0.1) is 0 Å². The summed E-state index contributed by atoms with van der Waals surface area (Å²) in [7, 11) is 0. The van der Waals surface area contributed by atoms with Crippen molar-refractivity contribution in [2.75, 3.05) is 0 Å². The molecule has 3 nitrogen and oxygen atoms in total. The highest BCUT2D eigenvalue weighted by molar-refractivity contribution is 9.10. The van der Waals surface area contributed by atoms with E-state index in [-0.39, 0.29) is 0 Å². The fourth-order valence-corrected chi connectivity index (χ4v) is 3.44. The molecule has 0 bridgehead atoms. The SMILES string of the molecule is S=c1[nH]nc(Cc2cccc3ccccc23)n1-c1ccc(Br)cc1. The van der Waals surface area contributed by atoms with Crippen LogP contribution in [0.5, 0.6) is 0 Å². The summed E-state index contributed by atoms with van der Waals surface area (Å²) in [5, 5.41) is 9.86. The summed E-state index contributed by atoms with van der Waals surface area (Å²) < 4.78 is 3.63.